The van der Waals surface area contributed by atoms with Crippen molar-refractivity contribution in [3.05, 3.63) is 42.0 Å². The molecule has 1 atom stereocenters. The van der Waals surface area contributed by atoms with Gasteiger partial charge in [0.05, 0.1) is 6.04 Å². The molecule has 1 fully saturated rings. The van der Waals surface area contributed by atoms with E-state index in [-0.39, 0.29) is 11.9 Å². The van der Waals surface area contributed by atoms with Gasteiger partial charge in [-0.15, -0.1) is 0 Å². The van der Waals surface area contributed by atoms with E-state index in [0.717, 1.165) is 36.5 Å². The van der Waals surface area contributed by atoms with Crippen molar-refractivity contribution in [1.29, 1.82) is 0 Å². The number of likely N-dealkylation sites (tertiary alicyclic amines) is 1. The van der Waals surface area contributed by atoms with E-state index in [9.17, 15) is 4.79 Å². The van der Waals surface area contributed by atoms with Gasteiger partial charge in [0.15, 0.2) is 5.82 Å². The Kier molecular flexibility index (Phi) is 4.00. The fourth-order valence-corrected chi connectivity index (χ4v) is 2.85. The summed E-state index contributed by atoms with van der Waals surface area (Å²) < 4.78 is 0. The second-order valence-corrected chi connectivity index (χ2v) is 5.45. The molecule has 0 aliphatic carbocycles. The molecule has 1 N–H and O–H groups in total. The number of carbonyl (C=O) groups is 1. The summed E-state index contributed by atoms with van der Waals surface area (Å²) in [6.45, 7) is 4.37. The number of nitrogens with one attached hydrogen (secondary N) is 1. The summed E-state index contributed by atoms with van der Waals surface area (Å²) in [4.78, 5) is 26.9. The number of aryl methyl sites for hydroxylation is 1. The van der Waals surface area contributed by atoms with Crippen LogP contribution in [0.3, 0.4) is 0 Å². The molecule has 6 nitrogen and oxygen atoms in total. The van der Waals surface area contributed by atoms with Crippen LogP contribution in [0.2, 0.25) is 0 Å². The van der Waals surface area contributed by atoms with Crippen LogP contribution >= 0.6 is 0 Å². The first-order chi connectivity index (χ1) is 10.7. The van der Waals surface area contributed by atoms with E-state index in [4.69, 9.17) is 0 Å². The Bertz CT molecular complexity index is 688. The molecular weight excluding hydrogens is 278 g/mol. The molecular formula is C16H19N5O. The maximum absolute atomic E-state index is 11.8. The Morgan fingerprint density at radius 3 is 2.77 bits per heavy atom. The predicted octanol–water partition coefficient (Wildman–Crippen LogP) is 2.61. The summed E-state index contributed by atoms with van der Waals surface area (Å²) in [7, 11) is 0. The molecule has 0 radical (unpaired) electrons. The lowest BCUT2D eigenvalue weighted by Gasteiger charge is -2.24. The van der Waals surface area contributed by atoms with Gasteiger partial charge in [-0.05, 0) is 31.4 Å². The van der Waals surface area contributed by atoms with Gasteiger partial charge in [0.25, 0.3) is 0 Å². The highest BCUT2D eigenvalue weighted by Gasteiger charge is 2.31. The van der Waals surface area contributed by atoms with Crippen LogP contribution in [0.15, 0.2) is 30.7 Å². The first-order valence-electron chi connectivity index (χ1n) is 7.43. The Morgan fingerprint density at radius 2 is 2.00 bits per heavy atom. The van der Waals surface area contributed by atoms with E-state index in [1.807, 2.05) is 24.0 Å². The Labute approximate surface area is 129 Å². The maximum Gasteiger partial charge on any atom is 0.220 e. The molecule has 3 rings (SSSR count). The van der Waals surface area contributed by atoms with Crippen molar-refractivity contribution in [3.63, 3.8) is 0 Å². The average molecular weight is 297 g/mol. The summed E-state index contributed by atoms with van der Waals surface area (Å²) in [5, 5.41) is 3.25. The number of hydrogen-bond donors (Lipinski definition) is 1. The van der Waals surface area contributed by atoms with Crippen molar-refractivity contribution in [2.75, 3.05) is 11.9 Å². The van der Waals surface area contributed by atoms with Crippen molar-refractivity contribution >= 4 is 17.5 Å². The van der Waals surface area contributed by atoms with Gasteiger partial charge in [-0.3, -0.25) is 9.78 Å². The molecule has 0 bridgehead atoms. The van der Waals surface area contributed by atoms with E-state index in [0.29, 0.717) is 5.82 Å². The third-order valence-electron chi connectivity index (χ3n) is 3.95. The fraction of sp³-hybridized carbons (Fsp3) is 0.375. The van der Waals surface area contributed by atoms with Crippen LogP contribution in [0.25, 0.3) is 0 Å². The number of pyridine rings is 1. The summed E-state index contributed by atoms with van der Waals surface area (Å²) in [6, 6.07) is 3.87. The summed E-state index contributed by atoms with van der Waals surface area (Å²) in [5.41, 5.74) is 1.84. The fourth-order valence-electron chi connectivity index (χ4n) is 2.85. The van der Waals surface area contributed by atoms with Gasteiger partial charge in [0.2, 0.25) is 5.91 Å². The second-order valence-electron chi connectivity index (χ2n) is 5.45. The first kappa shape index (κ1) is 14.4. The lowest BCUT2D eigenvalue weighted by molar-refractivity contribution is -0.129. The zero-order valence-electron chi connectivity index (χ0n) is 12.8. The second kappa shape index (κ2) is 6.09. The highest BCUT2D eigenvalue weighted by molar-refractivity contribution is 5.74. The van der Waals surface area contributed by atoms with Crippen LogP contribution in [0.5, 0.6) is 0 Å². The zero-order valence-corrected chi connectivity index (χ0v) is 12.8. The summed E-state index contributed by atoms with van der Waals surface area (Å²) >= 11 is 0. The lowest BCUT2D eigenvalue weighted by Crippen LogP contribution is -2.29. The molecule has 2 aromatic rings. The van der Waals surface area contributed by atoms with Crippen LogP contribution in [-0.4, -0.2) is 32.3 Å². The summed E-state index contributed by atoms with van der Waals surface area (Å²) in [6.07, 6.45) is 6.96. The minimum absolute atomic E-state index is 0.0160. The lowest BCUT2D eigenvalue weighted by atomic mass is 10.1. The average Bonchev–Trinajstić information content (AvgIpc) is 3.00. The largest absolute Gasteiger partial charge is 0.334 e. The van der Waals surface area contributed by atoms with Crippen molar-refractivity contribution < 1.29 is 4.79 Å². The molecule has 22 heavy (non-hydrogen) atoms. The van der Waals surface area contributed by atoms with Gasteiger partial charge in [-0.2, -0.15) is 0 Å². The third-order valence-corrected chi connectivity index (χ3v) is 3.95. The number of carbonyl (C=O) groups excluding carboxylic acids is 1. The number of hydrogen-bond acceptors (Lipinski definition) is 5. The molecule has 3 heterocycles. The SMILES string of the molecule is CC(=O)N1CCC[C@H]1c1nccnc1Nc1ncccc1C. The van der Waals surface area contributed by atoms with Crippen molar-refractivity contribution in [1.82, 2.24) is 19.9 Å². The van der Waals surface area contributed by atoms with E-state index in [1.165, 1.54) is 0 Å². The maximum atomic E-state index is 11.8. The van der Waals surface area contributed by atoms with Gasteiger partial charge in [0.1, 0.15) is 11.5 Å². The molecule has 0 saturated carbocycles. The smallest absolute Gasteiger partial charge is 0.220 e. The first-order valence-corrected chi connectivity index (χ1v) is 7.43. The number of anilines is 2. The van der Waals surface area contributed by atoms with Crippen LogP contribution in [0.4, 0.5) is 11.6 Å². The van der Waals surface area contributed by atoms with Crippen molar-refractivity contribution in [2.24, 2.45) is 0 Å². The molecule has 0 unspecified atom stereocenters. The molecule has 1 aliphatic rings. The number of rotatable bonds is 3. The highest BCUT2D eigenvalue weighted by Crippen LogP contribution is 2.34. The minimum atomic E-state index is -0.0160. The van der Waals surface area contributed by atoms with Crippen molar-refractivity contribution in [3.8, 4) is 0 Å². The third kappa shape index (κ3) is 2.77. The molecule has 1 amide bonds. The Morgan fingerprint density at radius 1 is 1.23 bits per heavy atom. The molecule has 114 valence electrons. The van der Waals surface area contributed by atoms with Crippen LogP contribution in [0, 0.1) is 6.92 Å². The highest BCUT2D eigenvalue weighted by atomic mass is 16.2. The molecule has 1 aliphatic heterocycles. The van der Waals surface area contributed by atoms with Gasteiger partial charge < -0.3 is 10.2 Å². The Balaban J connectivity index is 1.93. The minimum Gasteiger partial charge on any atom is -0.334 e. The van der Waals surface area contributed by atoms with Gasteiger partial charge in [-0.25, -0.2) is 9.97 Å². The van der Waals surface area contributed by atoms with Gasteiger partial charge in [-0.1, -0.05) is 6.07 Å². The number of aromatic nitrogens is 3. The topological polar surface area (TPSA) is 71.0 Å². The van der Waals surface area contributed by atoms with Gasteiger partial charge in [0, 0.05) is 32.1 Å². The monoisotopic (exact) mass is 297 g/mol. The van der Waals surface area contributed by atoms with E-state index < -0.39 is 0 Å². The van der Waals surface area contributed by atoms with E-state index >= 15 is 0 Å². The van der Waals surface area contributed by atoms with Crippen LogP contribution in [0.1, 0.15) is 37.1 Å². The van der Waals surface area contributed by atoms with Crippen LogP contribution in [-0.2, 0) is 4.79 Å². The zero-order chi connectivity index (χ0) is 15.5. The predicted molar refractivity (Wildman–Crippen MR) is 83.7 cm³/mol. The molecule has 1 saturated heterocycles. The molecule has 0 spiro atoms. The van der Waals surface area contributed by atoms with Crippen LogP contribution < -0.4 is 5.32 Å². The number of nitrogens with zero attached hydrogens (tertiary/aromatic N) is 4. The molecule has 0 aromatic carbocycles. The Hall–Kier alpha value is -2.50. The normalized spacial score (nSPS) is 17.5. The quantitative estimate of drug-likeness (QED) is 0.943. The van der Waals surface area contributed by atoms with E-state index in [2.05, 4.69) is 20.3 Å². The molecule has 2 aromatic heterocycles. The van der Waals surface area contributed by atoms with Gasteiger partial charge >= 0.3 is 0 Å². The molecule has 6 heteroatoms. The van der Waals surface area contributed by atoms with Crippen molar-refractivity contribution in [2.45, 2.75) is 32.7 Å². The number of amides is 1. The standard InChI is InChI=1S/C16H19N5O/c1-11-5-3-7-18-15(11)20-16-14(17-8-9-19-16)13-6-4-10-21(13)12(2)22/h3,5,7-9,13H,4,6,10H2,1-2H3,(H,18,19,20)/t13-/m0/s1. The van der Waals surface area contributed by atoms with E-state index in [1.54, 1.807) is 25.5 Å². The summed E-state index contributed by atoms with van der Waals surface area (Å²) in [5.74, 6) is 1.51.